The lowest BCUT2D eigenvalue weighted by atomic mass is 9.87. The number of unbranched alkanes of at least 4 members (excludes halogenated alkanes) is 2. The number of tetrazole rings is 1. The van der Waals surface area contributed by atoms with Gasteiger partial charge in [0.1, 0.15) is 0 Å². The number of aryl methyl sites for hydroxylation is 1. The van der Waals surface area contributed by atoms with Crippen LogP contribution in [-0.2, 0) is 17.6 Å². The van der Waals surface area contributed by atoms with Crippen LogP contribution >= 0.6 is 0 Å². The van der Waals surface area contributed by atoms with Gasteiger partial charge in [0, 0.05) is 17.5 Å². The number of rotatable bonds is 14. The zero-order valence-corrected chi connectivity index (χ0v) is 19.3. The highest BCUT2D eigenvalue weighted by Crippen LogP contribution is 2.30. The predicted octanol–water partition coefficient (Wildman–Crippen LogP) is 4.41. The summed E-state index contributed by atoms with van der Waals surface area (Å²) in [5.41, 5.74) is 3.88. The van der Waals surface area contributed by atoms with E-state index in [4.69, 9.17) is 0 Å². The van der Waals surface area contributed by atoms with Crippen LogP contribution in [0.3, 0.4) is 0 Å². The summed E-state index contributed by atoms with van der Waals surface area (Å²) in [6.45, 7) is 3.75. The third-order valence-electron chi connectivity index (χ3n) is 5.98. The van der Waals surface area contributed by atoms with Gasteiger partial charge in [-0.3, -0.25) is 14.4 Å². The summed E-state index contributed by atoms with van der Waals surface area (Å²) in [4.78, 5) is 39.3. The molecule has 174 valence electrons. The van der Waals surface area contributed by atoms with Crippen molar-refractivity contribution in [2.24, 2.45) is 0 Å². The molecule has 2 aromatic heterocycles. The van der Waals surface area contributed by atoms with Crippen molar-refractivity contribution in [3.05, 3.63) is 64.7 Å². The highest BCUT2D eigenvalue weighted by atomic mass is 16.2. The van der Waals surface area contributed by atoms with Crippen molar-refractivity contribution in [3.8, 4) is 0 Å². The van der Waals surface area contributed by atoms with Gasteiger partial charge in [-0.15, -0.1) is 10.2 Å². The second-order valence-corrected chi connectivity index (χ2v) is 8.41. The van der Waals surface area contributed by atoms with E-state index < -0.39 is 11.6 Å². The normalized spacial score (nSPS) is 11.9. The summed E-state index contributed by atoms with van der Waals surface area (Å²) in [7, 11) is 0. The van der Waals surface area contributed by atoms with E-state index in [1.165, 1.54) is 5.56 Å². The number of ketones is 3. The first-order chi connectivity index (χ1) is 16.0. The highest BCUT2D eigenvalue weighted by Gasteiger charge is 2.24. The number of nitrogens with zero attached hydrogens (tertiary/aromatic N) is 3. The molecule has 8 nitrogen and oxygen atoms in total. The van der Waals surface area contributed by atoms with Crippen LogP contribution in [0, 0.1) is 0 Å². The van der Waals surface area contributed by atoms with E-state index in [1.54, 1.807) is 6.92 Å². The zero-order chi connectivity index (χ0) is 23.6. The standard InChI is InChI=1S/C25H31N5O3/c1-3-4-8-20(9-6-5-7-18-10-12-19(13-11-18)17(2)31)21-14-15-26-22(21)16-23(32)24(33)25-27-29-30-28-25/h10-15,20,26H,3-9,16H2,1-2H3,(H,27,28,29,30). The van der Waals surface area contributed by atoms with Gasteiger partial charge in [-0.1, -0.05) is 50.5 Å². The quantitative estimate of drug-likeness (QED) is 0.214. The van der Waals surface area contributed by atoms with Crippen molar-refractivity contribution in [1.82, 2.24) is 25.6 Å². The molecule has 0 aliphatic rings. The molecule has 0 aliphatic heterocycles. The molecular formula is C25H31N5O3. The average Bonchev–Trinajstić information content (AvgIpc) is 3.51. The van der Waals surface area contributed by atoms with E-state index in [0.29, 0.717) is 5.92 Å². The Balaban J connectivity index is 1.58. The van der Waals surface area contributed by atoms with Crippen molar-refractivity contribution < 1.29 is 14.4 Å². The molecule has 0 aliphatic carbocycles. The molecule has 0 saturated carbocycles. The first-order valence-electron chi connectivity index (χ1n) is 11.6. The monoisotopic (exact) mass is 449 g/mol. The molecule has 0 bridgehead atoms. The van der Waals surface area contributed by atoms with E-state index in [1.807, 2.05) is 36.5 Å². The molecule has 0 saturated heterocycles. The van der Waals surface area contributed by atoms with Crippen molar-refractivity contribution in [2.45, 2.75) is 71.1 Å². The Morgan fingerprint density at radius 2 is 1.76 bits per heavy atom. The molecule has 0 amide bonds. The molecule has 0 fully saturated rings. The number of hydrogen-bond acceptors (Lipinski definition) is 6. The number of hydrogen-bond donors (Lipinski definition) is 2. The molecule has 2 N–H and O–H groups in total. The zero-order valence-electron chi connectivity index (χ0n) is 19.3. The van der Waals surface area contributed by atoms with Crippen molar-refractivity contribution in [3.63, 3.8) is 0 Å². The molecule has 2 heterocycles. The molecule has 1 atom stereocenters. The minimum Gasteiger partial charge on any atom is -0.364 e. The lowest BCUT2D eigenvalue weighted by Crippen LogP contribution is -2.19. The van der Waals surface area contributed by atoms with Crippen LogP contribution < -0.4 is 0 Å². The fourth-order valence-electron chi connectivity index (χ4n) is 4.11. The molecule has 3 aromatic rings. The van der Waals surface area contributed by atoms with Crippen LogP contribution in [-0.4, -0.2) is 43.0 Å². The molecule has 3 rings (SSSR count). The number of carbonyl (C=O) groups excluding carboxylic acids is 3. The second kappa shape index (κ2) is 12.0. The molecule has 0 spiro atoms. The fraction of sp³-hybridized carbons (Fsp3) is 0.440. The molecular weight excluding hydrogens is 418 g/mol. The number of carbonyl (C=O) groups is 3. The molecule has 1 aromatic carbocycles. The second-order valence-electron chi connectivity index (χ2n) is 8.41. The molecule has 0 radical (unpaired) electrons. The van der Waals surface area contributed by atoms with E-state index >= 15 is 0 Å². The topological polar surface area (TPSA) is 121 Å². The third kappa shape index (κ3) is 6.78. The number of aromatic nitrogens is 5. The third-order valence-corrected chi connectivity index (χ3v) is 5.98. The molecule has 33 heavy (non-hydrogen) atoms. The Kier molecular flexibility index (Phi) is 8.80. The maximum Gasteiger partial charge on any atom is 0.269 e. The lowest BCUT2D eigenvalue weighted by molar-refractivity contribution is -0.114. The number of Topliss-reactive ketones (excluding diaryl/α,β-unsaturated/α-hetero) is 3. The summed E-state index contributed by atoms with van der Waals surface area (Å²) < 4.78 is 0. The van der Waals surface area contributed by atoms with Gasteiger partial charge >= 0.3 is 0 Å². The first-order valence-corrected chi connectivity index (χ1v) is 11.6. The average molecular weight is 450 g/mol. The van der Waals surface area contributed by atoms with E-state index in [2.05, 4.69) is 32.5 Å². The van der Waals surface area contributed by atoms with Gasteiger partial charge in [-0.2, -0.15) is 5.21 Å². The van der Waals surface area contributed by atoms with E-state index in [0.717, 1.165) is 61.8 Å². The Morgan fingerprint density at radius 3 is 2.42 bits per heavy atom. The summed E-state index contributed by atoms with van der Waals surface area (Å²) in [6, 6.07) is 9.87. The summed E-state index contributed by atoms with van der Waals surface area (Å²) >= 11 is 0. The van der Waals surface area contributed by atoms with Crippen LogP contribution in [0.4, 0.5) is 0 Å². The Hall–Kier alpha value is -3.42. The van der Waals surface area contributed by atoms with Gasteiger partial charge in [0.15, 0.2) is 5.78 Å². The number of benzene rings is 1. The summed E-state index contributed by atoms with van der Waals surface area (Å²) in [6.07, 6.45) is 9.19. The Morgan fingerprint density at radius 1 is 1.00 bits per heavy atom. The fourth-order valence-corrected chi connectivity index (χ4v) is 4.11. The SMILES string of the molecule is CCCCC(CCCCc1ccc(C(C)=O)cc1)c1cc[nH]c1CC(=O)C(=O)c1nn[nH]n1. The van der Waals surface area contributed by atoms with E-state index in [9.17, 15) is 14.4 Å². The smallest absolute Gasteiger partial charge is 0.269 e. The Labute approximate surface area is 193 Å². The number of nitrogens with one attached hydrogen (secondary N) is 2. The van der Waals surface area contributed by atoms with Gasteiger partial charge < -0.3 is 4.98 Å². The first kappa shape index (κ1) is 24.2. The summed E-state index contributed by atoms with van der Waals surface area (Å²) in [5, 5.41) is 12.8. The van der Waals surface area contributed by atoms with Crippen molar-refractivity contribution in [1.29, 1.82) is 0 Å². The number of H-pyrrole nitrogens is 2. The van der Waals surface area contributed by atoms with Crippen molar-refractivity contribution >= 4 is 17.3 Å². The lowest BCUT2D eigenvalue weighted by Gasteiger charge is -2.18. The van der Waals surface area contributed by atoms with Crippen LogP contribution in [0.1, 0.15) is 96.1 Å². The van der Waals surface area contributed by atoms with Gasteiger partial charge in [-0.05, 0) is 60.9 Å². The molecule has 1 unspecified atom stereocenters. The molecule has 8 heteroatoms. The van der Waals surface area contributed by atoms with Crippen LogP contribution in [0.2, 0.25) is 0 Å². The predicted molar refractivity (Wildman–Crippen MR) is 124 cm³/mol. The minimum atomic E-state index is -0.731. The van der Waals surface area contributed by atoms with Gasteiger partial charge in [0.25, 0.3) is 5.78 Å². The Bertz CT molecular complexity index is 1050. The van der Waals surface area contributed by atoms with E-state index in [-0.39, 0.29) is 18.0 Å². The largest absolute Gasteiger partial charge is 0.364 e. The maximum atomic E-state index is 12.5. The van der Waals surface area contributed by atoms with Gasteiger partial charge in [0.2, 0.25) is 11.6 Å². The van der Waals surface area contributed by atoms with Crippen LogP contribution in [0.25, 0.3) is 0 Å². The summed E-state index contributed by atoms with van der Waals surface area (Å²) in [5.74, 6) is -1.07. The van der Waals surface area contributed by atoms with Crippen LogP contribution in [0.15, 0.2) is 36.5 Å². The number of aromatic amines is 2. The van der Waals surface area contributed by atoms with Crippen LogP contribution in [0.5, 0.6) is 0 Å². The van der Waals surface area contributed by atoms with Gasteiger partial charge in [-0.25, -0.2) is 0 Å². The minimum absolute atomic E-state index is 0.000823. The maximum absolute atomic E-state index is 12.5. The van der Waals surface area contributed by atoms with Gasteiger partial charge in [0.05, 0.1) is 6.42 Å². The highest BCUT2D eigenvalue weighted by molar-refractivity contribution is 6.43. The van der Waals surface area contributed by atoms with Crippen molar-refractivity contribution in [2.75, 3.05) is 0 Å².